The van der Waals surface area contributed by atoms with Crippen LogP contribution in [0, 0.1) is 18.8 Å². The zero-order valence-electron chi connectivity index (χ0n) is 22.4. The Morgan fingerprint density at radius 1 is 1.07 bits per heavy atom. The summed E-state index contributed by atoms with van der Waals surface area (Å²) in [6.07, 6.45) is 6.99. The molecule has 2 amide bonds. The van der Waals surface area contributed by atoms with Crippen molar-refractivity contribution in [2.45, 2.75) is 45.1 Å². The quantitative estimate of drug-likeness (QED) is 0.257. The Hall–Kier alpha value is -3.95. The molecule has 9 nitrogen and oxygen atoms in total. The molecular weight excluding hydrogens is 528 g/mol. The van der Waals surface area contributed by atoms with Gasteiger partial charge in [0.2, 0.25) is 11.8 Å². The molecule has 1 aliphatic carbocycles. The Kier molecular flexibility index (Phi) is 9.07. The smallest absolute Gasteiger partial charge is 0.271 e. The van der Waals surface area contributed by atoms with E-state index in [2.05, 4.69) is 15.2 Å². The van der Waals surface area contributed by atoms with Gasteiger partial charge < -0.3 is 11.5 Å². The van der Waals surface area contributed by atoms with Crippen molar-refractivity contribution >= 4 is 40.8 Å². The summed E-state index contributed by atoms with van der Waals surface area (Å²) >= 11 is 0. The molecule has 0 unspecified atom stereocenters. The first-order valence-corrected chi connectivity index (χ1v) is 13.4. The van der Waals surface area contributed by atoms with Gasteiger partial charge in [-0.2, -0.15) is 0 Å². The Morgan fingerprint density at radius 2 is 1.85 bits per heavy atom. The highest BCUT2D eigenvalue weighted by Gasteiger charge is 2.36. The van der Waals surface area contributed by atoms with E-state index >= 15 is 0 Å². The number of rotatable bonds is 8. The number of carbonyl (C=O) groups is 2. The largest absolute Gasteiger partial charge is 0.368 e. The molecule has 2 aromatic heterocycles. The fourth-order valence-electron chi connectivity index (χ4n) is 5.68. The highest BCUT2D eigenvalue weighted by Crippen LogP contribution is 2.33. The van der Waals surface area contributed by atoms with Crippen molar-refractivity contribution in [3.05, 3.63) is 82.4 Å². The van der Waals surface area contributed by atoms with Gasteiger partial charge in [0.25, 0.3) is 5.56 Å². The van der Waals surface area contributed by atoms with Crippen molar-refractivity contribution in [3.8, 4) is 11.1 Å². The van der Waals surface area contributed by atoms with Crippen LogP contribution in [0.15, 0.2) is 65.7 Å². The molecule has 1 aliphatic rings. The zero-order valence-corrected chi connectivity index (χ0v) is 23.2. The number of aromatic amines is 2. The summed E-state index contributed by atoms with van der Waals surface area (Å²) in [6, 6.07) is 14.1. The average Bonchev–Trinajstić information content (AvgIpc) is 3.32. The van der Waals surface area contributed by atoms with Crippen LogP contribution in [0.1, 0.15) is 36.8 Å². The van der Waals surface area contributed by atoms with E-state index in [1.54, 1.807) is 29.3 Å². The lowest BCUT2D eigenvalue weighted by Gasteiger charge is -2.35. The standard InChI is InChI=1S/C30H34N6O3.ClH/c1-18-17-33-12-11-24(18)22-4-2-3-20(13-22)14-27(28(32)37)36(30(39)21-7-5-19(16-31)6-8-21)23-9-10-25-26(15-23)34-35-29(25)38;/h2-4,9-13,15,17,19,21,27H,5-8,14,16,31H2,1H3,(H2,32,37)(H2,34,35,38);1H/t19?,21?,27-;/m0./s1. The van der Waals surface area contributed by atoms with Crippen molar-refractivity contribution in [1.82, 2.24) is 15.2 Å². The summed E-state index contributed by atoms with van der Waals surface area (Å²) in [5.41, 5.74) is 16.7. The lowest BCUT2D eigenvalue weighted by Crippen LogP contribution is -2.52. The van der Waals surface area contributed by atoms with Gasteiger partial charge in [0.1, 0.15) is 6.04 Å². The van der Waals surface area contributed by atoms with E-state index in [-0.39, 0.29) is 36.2 Å². The van der Waals surface area contributed by atoms with Gasteiger partial charge in [-0.3, -0.25) is 34.5 Å². The fraction of sp³-hybridized carbons (Fsp3) is 0.333. The monoisotopic (exact) mass is 562 g/mol. The number of carbonyl (C=O) groups excluding carboxylic acids is 2. The van der Waals surface area contributed by atoms with E-state index in [4.69, 9.17) is 11.5 Å². The van der Waals surface area contributed by atoms with Crippen molar-refractivity contribution in [1.29, 1.82) is 0 Å². The van der Waals surface area contributed by atoms with Crippen LogP contribution < -0.4 is 21.9 Å². The van der Waals surface area contributed by atoms with Gasteiger partial charge in [-0.1, -0.05) is 24.3 Å². The summed E-state index contributed by atoms with van der Waals surface area (Å²) < 4.78 is 0. The van der Waals surface area contributed by atoms with Crippen LogP contribution in [0.3, 0.4) is 0 Å². The van der Waals surface area contributed by atoms with E-state index in [1.807, 2.05) is 43.5 Å². The minimum absolute atomic E-state index is 0. The first kappa shape index (κ1) is 29.0. The molecule has 2 aromatic carbocycles. The second-order valence-corrected chi connectivity index (χ2v) is 10.5. The lowest BCUT2D eigenvalue weighted by atomic mass is 9.81. The van der Waals surface area contributed by atoms with E-state index < -0.39 is 11.9 Å². The minimum atomic E-state index is -0.915. The molecule has 0 radical (unpaired) electrons. The van der Waals surface area contributed by atoms with Gasteiger partial charge in [-0.25, -0.2) is 0 Å². The maximum absolute atomic E-state index is 14.1. The number of pyridine rings is 1. The number of aromatic nitrogens is 3. The van der Waals surface area contributed by atoms with Crippen LogP contribution in [-0.2, 0) is 16.0 Å². The molecule has 0 spiro atoms. The molecule has 1 saturated carbocycles. The maximum Gasteiger partial charge on any atom is 0.271 e. The molecular formula is C30H35ClN6O3. The number of halogens is 1. The number of hydrogen-bond acceptors (Lipinski definition) is 5. The van der Waals surface area contributed by atoms with Gasteiger partial charge in [-0.15, -0.1) is 12.4 Å². The van der Waals surface area contributed by atoms with Gasteiger partial charge >= 0.3 is 0 Å². The molecule has 0 aliphatic heterocycles. The molecule has 6 N–H and O–H groups in total. The van der Waals surface area contributed by atoms with E-state index in [0.29, 0.717) is 41.9 Å². The third kappa shape index (κ3) is 5.95. The third-order valence-corrected chi connectivity index (χ3v) is 7.93. The minimum Gasteiger partial charge on any atom is -0.368 e. The number of hydrogen-bond donors (Lipinski definition) is 4. The first-order chi connectivity index (χ1) is 18.9. The van der Waals surface area contributed by atoms with Gasteiger partial charge in [0.15, 0.2) is 0 Å². The van der Waals surface area contributed by atoms with Crippen molar-refractivity contribution in [2.24, 2.45) is 23.3 Å². The number of benzene rings is 2. The van der Waals surface area contributed by atoms with Crippen LogP contribution in [-0.4, -0.2) is 39.6 Å². The van der Waals surface area contributed by atoms with Gasteiger partial charge in [0.05, 0.1) is 10.9 Å². The molecule has 0 saturated heterocycles. The number of H-pyrrole nitrogens is 2. The second-order valence-electron chi connectivity index (χ2n) is 10.5. The molecule has 10 heteroatoms. The Morgan fingerprint density at radius 3 is 2.55 bits per heavy atom. The van der Waals surface area contributed by atoms with Crippen molar-refractivity contribution < 1.29 is 9.59 Å². The van der Waals surface area contributed by atoms with Crippen LogP contribution >= 0.6 is 12.4 Å². The van der Waals surface area contributed by atoms with E-state index in [0.717, 1.165) is 35.1 Å². The van der Waals surface area contributed by atoms with Crippen LogP contribution in [0.2, 0.25) is 0 Å². The van der Waals surface area contributed by atoms with E-state index in [9.17, 15) is 14.4 Å². The van der Waals surface area contributed by atoms with Crippen LogP contribution in [0.4, 0.5) is 5.69 Å². The van der Waals surface area contributed by atoms with E-state index in [1.165, 1.54) is 0 Å². The molecule has 5 rings (SSSR count). The lowest BCUT2D eigenvalue weighted by molar-refractivity contribution is -0.127. The van der Waals surface area contributed by atoms with Gasteiger partial charge in [-0.05, 0) is 91.6 Å². The summed E-state index contributed by atoms with van der Waals surface area (Å²) in [5, 5.41) is 5.90. The number of fused-ring (bicyclic) bond motifs is 1. The number of primary amides is 1. The highest BCUT2D eigenvalue weighted by atomic mass is 35.5. The second kappa shape index (κ2) is 12.5. The summed E-state index contributed by atoms with van der Waals surface area (Å²) in [4.78, 5) is 45.0. The van der Waals surface area contributed by atoms with Gasteiger partial charge in [0, 0.05) is 30.4 Å². The Balaban J connectivity index is 0.00000370. The maximum atomic E-state index is 14.1. The predicted octanol–water partition coefficient (Wildman–Crippen LogP) is 3.84. The topological polar surface area (TPSA) is 151 Å². The molecule has 1 atom stereocenters. The molecule has 0 bridgehead atoms. The number of nitrogens with zero attached hydrogens (tertiary/aromatic N) is 2. The molecule has 1 fully saturated rings. The number of amides is 2. The number of anilines is 1. The third-order valence-electron chi connectivity index (χ3n) is 7.93. The normalized spacial score (nSPS) is 17.6. The number of nitrogens with two attached hydrogens (primary N) is 2. The molecule has 4 aromatic rings. The fourth-order valence-corrected chi connectivity index (χ4v) is 5.68. The molecule has 2 heterocycles. The average molecular weight is 563 g/mol. The Bertz CT molecular complexity index is 1560. The Labute approximate surface area is 238 Å². The first-order valence-electron chi connectivity index (χ1n) is 13.4. The van der Waals surface area contributed by atoms with Crippen LogP contribution in [0.5, 0.6) is 0 Å². The van der Waals surface area contributed by atoms with Crippen LogP contribution in [0.25, 0.3) is 22.0 Å². The SMILES string of the molecule is Cc1cnccc1-c1cccc(C[C@@H](C(N)=O)N(C(=O)C2CCC(CN)CC2)c2ccc3c(=O)[nH][nH]c3c2)c1.Cl. The van der Waals surface area contributed by atoms with Crippen molar-refractivity contribution in [2.75, 3.05) is 11.4 Å². The summed E-state index contributed by atoms with van der Waals surface area (Å²) in [5.74, 6) is -0.545. The summed E-state index contributed by atoms with van der Waals surface area (Å²) in [6.45, 7) is 2.61. The predicted molar refractivity (Wildman–Crippen MR) is 159 cm³/mol. The molecule has 210 valence electrons. The zero-order chi connectivity index (χ0) is 27.5. The highest BCUT2D eigenvalue weighted by molar-refractivity contribution is 6.03. The summed E-state index contributed by atoms with van der Waals surface area (Å²) in [7, 11) is 0. The molecule has 40 heavy (non-hydrogen) atoms. The number of nitrogens with one attached hydrogen (secondary N) is 2. The number of aryl methyl sites for hydroxylation is 1. The van der Waals surface area contributed by atoms with Crippen molar-refractivity contribution in [3.63, 3.8) is 0 Å².